The van der Waals surface area contributed by atoms with Gasteiger partial charge in [-0.05, 0) is 36.2 Å². The largest absolute Gasteiger partial charge is 0.478 e. The molecule has 0 aliphatic heterocycles. The number of carboxylic acid groups (broad SMARTS) is 1. The highest BCUT2D eigenvalue weighted by molar-refractivity contribution is 7.64. The third kappa shape index (κ3) is 9.27. The lowest BCUT2D eigenvalue weighted by Gasteiger charge is -2.08. The third-order valence-corrected chi connectivity index (χ3v) is 5.56. The van der Waals surface area contributed by atoms with Gasteiger partial charge in [-0.2, -0.15) is 0 Å². The van der Waals surface area contributed by atoms with Crippen LogP contribution in [-0.4, -0.2) is 23.0 Å². The van der Waals surface area contributed by atoms with Gasteiger partial charge in [0, 0.05) is 12.5 Å². The third-order valence-electron chi connectivity index (χ3n) is 2.94. The Bertz CT molecular complexity index is 617. The number of hydrogen-bond acceptors (Lipinski definition) is 3. The van der Waals surface area contributed by atoms with E-state index in [-0.39, 0.29) is 12.2 Å². The number of hydrogen-bond donors (Lipinski definition) is 1. The Hall–Kier alpha value is -1.08. The number of carbonyl (C=O) groups is 2. The highest BCUT2D eigenvalue weighted by Crippen LogP contribution is 2.27. The molecule has 0 radical (unpaired) electrons. The Labute approximate surface area is 154 Å². The van der Waals surface area contributed by atoms with Gasteiger partial charge in [0.1, 0.15) is 0 Å². The average molecular weight is 414 g/mol. The summed E-state index contributed by atoms with van der Waals surface area (Å²) in [5.41, 5.74) is 0.411. The molecule has 0 spiro atoms. The van der Waals surface area contributed by atoms with Gasteiger partial charge in [-0.3, -0.25) is 4.79 Å². The lowest BCUT2D eigenvalue weighted by Crippen LogP contribution is -2.10. The van der Waals surface area contributed by atoms with Crippen molar-refractivity contribution in [1.82, 2.24) is 0 Å². The van der Waals surface area contributed by atoms with E-state index in [0.717, 1.165) is 12.1 Å². The second-order valence-electron chi connectivity index (χ2n) is 5.01. The Balaban J connectivity index is 2.48. The van der Waals surface area contributed by atoms with Crippen molar-refractivity contribution in [3.8, 4) is 5.75 Å². The summed E-state index contributed by atoms with van der Waals surface area (Å²) in [4.78, 5) is 22.2. The van der Waals surface area contributed by atoms with Crippen molar-refractivity contribution in [2.24, 2.45) is 0 Å². The molecule has 1 aromatic rings. The minimum absolute atomic E-state index is 0.121. The molecular weight excluding hydrogens is 398 g/mol. The van der Waals surface area contributed by atoms with Gasteiger partial charge in [0.25, 0.3) is 0 Å². The lowest BCUT2D eigenvalue weighted by molar-refractivity contribution is -0.135. The number of benzene rings is 1. The van der Waals surface area contributed by atoms with Crippen LogP contribution < -0.4 is 4.74 Å². The second kappa shape index (κ2) is 10.0. The zero-order valence-electron chi connectivity index (χ0n) is 12.6. The molecule has 132 valence electrons. The lowest BCUT2D eigenvalue weighted by atomic mass is 10.2. The van der Waals surface area contributed by atoms with Crippen molar-refractivity contribution in [2.75, 3.05) is 0 Å². The molecule has 0 saturated heterocycles. The van der Waals surface area contributed by atoms with Crippen LogP contribution in [0.4, 0.5) is 4.39 Å². The first-order valence-corrected chi connectivity index (χ1v) is 12.4. The summed E-state index contributed by atoms with van der Waals surface area (Å²) in [7, 11) is 0. The molecule has 0 amide bonds. The van der Waals surface area contributed by atoms with Crippen LogP contribution in [0.3, 0.4) is 0 Å². The van der Waals surface area contributed by atoms with Gasteiger partial charge in [0.2, 0.25) is 0 Å². The molecule has 1 N–H and O–H groups in total. The van der Waals surface area contributed by atoms with Crippen molar-refractivity contribution in [3.05, 3.63) is 35.7 Å². The first-order valence-electron chi connectivity index (χ1n) is 7.15. The van der Waals surface area contributed by atoms with Crippen LogP contribution in [0.2, 0.25) is 6.04 Å². The smallest absolute Gasteiger partial charge is 0.341 e. The van der Waals surface area contributed by atoms with Crippen LogP contribution in [0.15, 0.2) is 24.3 Å². The maximum absolute atomic E-state index is 13.6. The maximum Gasteiger partial charge on any atom is 0.341 e. The zero-order valence-corrected chi connectivity index (χ0v) is 15.9. The number of halogens is 4. The molecule has 0 aliphatic carbocycles. The summed E-state index contributed by atoms with van der Waals surface area (Å²) in [6.45, 7) is 0. The minimum atomic E-state index is -2.62. The molecule has 0 bridgehead atoms. The number of carbonyl (C=O) groups excluding carboxylic acids is 1. The number of carboxylic acids is 1. The van der Waals surface area contributed by atoms with Crippen LogP contribution in [0.25, 0.3) is 6.08 Å². The van der Waals surface area contributed by atoms with Gasteiger partial charge in [0.15, 0.2) is 11.6 Å². The van der Waals surface area contributed by atoms with Crippen molar-refractivity contribution in [1.29, 1.82) is 0 Å². The van der Waals surface area contributed by atoms with Gasteiger partial charge >= 0.3 is 17.9 Å². The monoisotopic (exact) mass is 412 g/mol. The van der Waals surface area contributed by atoms with Crippen LogP contribution in [0.5, 0.6) is 5.75 Å². The normalized spacial score (nSPS) is 11.7. The fourth-order valence-corrected chi connectivity index (χ4v) is 3.67. The molecule has 0 saturated carbocycles. The quantitative estimate of drug-likeness (QED) is 0.154. The highest BCUT2D eigenvalue weighted by atomic mass is 35.8. The molecule has 0 atom stereocenters. The second-order valence-corrected chi connectivity index (χ2v) is 14.3. The molecule has 24 heavy (non-hydrogen) atoms. The van der Waals surface area contributed by atoms with Crippen LogP contribution in [0, 0.1) is 5.82 Å². The molecule has 9 heteroatoms. The van der Waals surface area contributed by atoms with Gasteiger partial charge in [-0.25, -0.2) is 9.18 Å². The SMILES string of the molecule is O=C(O)/C=C/c1ccc(F)c(OC(=O)CCCCC[Si](Cl)(Cl)Cl)c1. The van der Waals surface area contributed by atoms with E-state index in [1.54, 1.807) is 0 Å². The first-order chi connectivity index (χ1) is 11.2. The van der Waals surface area contributed by atoms with E-state index < -0.39 is 23.8 Å². The topological polar surface area (TPSA) is 63.6 Å². The molecule has 0 aromatic heterocycles. The Morgan fingerprint density at radius 1 is 1.21 bits per heavy atom. The average Bonchev–Trinajstić information content (AvgIpc) is 2.46. The van der Waals surface area contributed by atoms with E-state index in [9.17, 15) is 14.0 Å². The van der Waals surface area contributed by atoms with E-state index in [4.69, 9.17) is 43.1 Å². The van der Waals surface area contributed by atoms with Gasteiger partial charge < -0.3 is 9.84 Å². The highest BCUT2D eigenvalue weighted by Gasteiger charge is 2.23. The summed E-state index contributed by atoms with van der Waals surface area (Å²) in [6.07, 6.45) is 4.27. The number of aliphatic carboxylic acids is 1. The first kappa shape index (κ1) is 21.0. The van der Waals surface area contributed by atoms with Crippen molar-refractivity contribution in [2.45, 2.75) is 31.7 Å². The van der Waals surface area contributed by atoms with E-state index in [0.29, 0.717) is 30.9 Å². The molecule has 4 nitrogen and oxygen atoms in total. The van der Waals surface area contributed by atoms with E-state index in [1.807, 2.05) is 0 Å². The summed E-state index contributed by atoms with van der Waals surface area (Å²) in [5.74, 6) is -2.63. The summed E-state index contributed by atoms with van der Waals surface area (Å²) < 4.78 is 18.6. The fraction of sp³-hybridized carbons (Fsp3) is 0.333. The molecule has 0 aliphatic rings. The van der Waals surface area contributed by atoms with E-state index in [1.165, 1.54) is 18.2 Å². The Morgan fingerprint density at radius 3 is 2.54 bits per heavy atom. The maximum atomic E-state index is 13.6. The van der Waals surface area contributed by atoms with Gasteiger partial charge in [-0.1, -0.05) is 18.9 Å². The summed E-state index contributed by atoms with van der Waals surface area (Å²) >= 11 is 17.3. The molecule has 0 fully saturated rings. The van der Waals surface area contributed by atoms with E-state index >= 15 is 0 Å². The van der Waals surface area contributed by atoms with Crippen molar-refractivity contribution in [3.63, 3.8) is 0 Å². The summed E-state index contributed by atoms with van der Waals surface area (Å²) in [5, 5.41) is 8.57. The zero-order chi connectivity index (χ0) is 18.2. The molecule has 0 heterocycles. The number of esters is 1. The molecular formula is C15H16Cl3FO4Si. The van der Waals surface area contributed by atoms with Crippen LogP contribution >= 0.6 is 33.2 Å². The fourth-order valence-electron chi connectivity index (χ4n) is 1.81. The van der Waals surface area contributed by atoms with E-state index in [2.05, 4.69) is 0 Å². The van der Waals surface area contributed by atoms with Gasteiger partial charge in [0.05, 0.1) is 0 Å². The molecule has 0 unspecified atom stereocenters. The predicted molar refractivity (Wildman–Crippen MR) is 95.3 cm³/mol. The minimum Gasteiger partial charge on any atom is -0.478 e. The Kier molecular flexibility index (Phi) is 8.76. The van der Waals surface area contributed by atoms with Crippen molar-refractivity contribution < 1.29 is 23.8 Å². The van der Waals surface area contributed by atoms with Crippen LogP contribution in [0.1, 0.15) is 31.2 Å². The number of unbranched alkanes of at least 4 members (excludes halogenated alkanes) is 2. The van der Waals surface area contributed by atoms with Crippen LogP contribution in [-0.2, 0) is 9.59 Å². The standard InChI is InChI=1S/C15H16Cl3FO4Si/c16-24(17,18)9-3-1-2-4-15(22)23-13-10-11(5-7-12(13)19)6-8-14(20)21/h5-8,10H,1-4,9H2,(H,20,21)/b8-6+. The number of rotatable bonds is 9. The van der Waals surface area contributed by atoms with Gasteiger partial charge in [-0.15, -0.1) is 33.2 Å². The number of ether oxygens (including phenoxy) is 1. The van der Waals surface area contributed by atoms with Crippen molar-refractivity contribution >= 4 is 57.3 Å². The predicted octanol–water partition coefficient (Wildman–Crippen LogP) is 5.04. The summed E-state index contributed by atoms with van der Waals surface area (Å²) in [6, 6.07) is 1.66. The molecule has 1 aromatic carbocycles. The molecule has 1 rings (SSSR count). The Morgan fingerprint density at radius 2 is 1.92 bits per heavy atom.